The molecule has 0 saturated carbocycles. The maximum absolute atomic E-state index is 12.4. The number of aryl methyl sites for hydroxylation is 3. The number of benzene rings is 6. The van der Waals surface area contributed by atoms with Crippen LogP contribution in [-0.4, -0.2) is 157 Å². The van der Waals surface area contributed by atoms with Gasteiger partial charge in [0, 0.05) is 217 Å². The molecule has 0 saturated heterocycles. The number of hydrogen-bond acceptors (Lipinski definition) is 26. The highest BCUT2D eigenvalue weighted by Gasteiger charge is 2.49. The fraction of sp³-hybridized carbons (Fsp3) is 0.349. The van der Waals surface area contributed by atoms with Crippen molar-refractivity contribution in [2.75, 3.05) is 133 Å². The lowest BCUT2D eigenvalue weighted by atomic mass is 9.89. The number of methoxy groups -OCH3 is 3. The van der Waals surface area contributed by atoms with Crippen LogP contribution in [0.2, 0.25) is 0 Å². The maximum Gasteiger partial charge on any atom is 0.534 e. The van der Waals surface area contributed by atoms with Crippen LogP contribution in [0.5, 0.6) is 17.2 Å². The Labute approximate surface area is 650 Å². The molecule has 0 atom stereocenters. The minimum atomic E-state index is -5.88. The van der Waals surface area contributed by atoms with Gasteiger partial charge in [0.15, 0.2) is 17.3 Å². The predicted octanol–water partition coefficient (Wildman–Crippen LogP) is 12.4. The number of phenols is 2. The number of ketones is 3. The van der Waals surface area contributed by atoms with Crippen molar-refractivity contribution in [2.24, 2.45) is 0 Å². The molecule has 113 heavy (non-hydrogen) atoms. The van der Waals surface area contributed by atoms with Gasteiger partial charge in [-0.3, -0.25) is 19.2 Å². The third-order valence-electron chi connectivity index (χ3n) is 18.9. The van der Waals surface area contributed by atoms with Crippen LogP contribution in [0.1, 0.15) is 101 Å². The molecule has 26 nitrogen and oxygen atoms in total. The molecule has 14 rings (SSSR count). The number of alkyl halides is 3. The molecule has 4 aliphatic rings. The Morgan fingerprint density at radius 3 is 1.46 bits per heavy atom. The first kappa shape index (κ1) is 86.7. The Hall–Kier alpha value is -11.9. The lowest BCUT2D eigenvalue weighted by molar-refractivity contribution is -0.200. The van der Waals surface area contributed by atoms with Gasteiger partial charge in [0.2, 0.25) is 11.6 Å². The molecule has 2 N–H and O–H groups in total. The summed E-state index contributed by atoms with van der Waals surface area (Å²) in [6.45, 7) is 8.87. The van der Waals surface area contributed by atoms with Crippen LogP contribution in [0.25, 0.3) is 43.9 Å². The largest absolute Gasteiger partial charge is 0.534 e. The zero-order valence-electron chi connectivity index (χ0n) is 65.3. The SMILES string of the molecule is C#Cc1cc(=O)oc2cc(N(C)C)ccc12.CC(=O)c1cc(=O)oc2c3c4c(cc12)CCCN4CCC3.CC(=O)c1cc(=O)oc2cc(N(C)C)ccc12.CN(C)c1ccc2c(OS(=O)(=O)C(F)(F)F)cc(=O)oc2c1.CN(C)c1cccc(O)c1.COC(=O)CC(=O)C(C)(OC)OC.Oc1ccc2c3c1CCCN3CCC2. The Balaban J connectivity index is 0.000000167. The molecular formula is C83H91F3N6O20S. The number of fused-ring (bicyclic) bond motifs is 5. The summed E-state index contributed by atoms with van der Waals surface area (Å²) in [7, 11) is 12.9. The van der Waals surface area contributed by atoms with Gasteiger partial charge in [0.1, 0.15) is 40.3 Å². The van der Waals surface area contributed by atoms with Gasteiger partial charge in [-0.25, -0.2) is 19.2 Å². The van der Waals surface area contributed by atoms with Crippen molar-refractivity contribution in [2.45, 2.75) is 89.9 Å². The summed E-state index contributed by atoms with van der Waals surface area (Å²) in [6.07, 6.45) is 13.8. The molecule has 4 aliphatic heterocycles. The van der Waals surface area contributed by atoms with E-state index in [4.69, 9.17) is 38.7 Å². The molecule has 10 aromatic rings. The van der Waals surface area contributed by atoms with Crippen LogP contribution < -0.4 is 56.1 Å². The quantitative estimate of drug-likeness (QED) is 0.0158. The number of carbonyl (C=O) groups excluding carboxylic acids is 4. The number of rotatable bonds is 13. The van der Waals surface area contributed by atoms with Gasteiger partial charge in [-0.15, -0.1) is 6.42 Å². The van der Waals surface area contributed by atoms with E-state index in [1.165, 1.54) is 139 Å². The molecule has 8 heterocycles. The molecule has 4 aromatic heterocycles. The summed E-state index contributed by atoms with van der Waals surface area (Å²) in [5.74, 6) is -0.109. The zero-order valence-corrected chi connectivity index (χ0v) is 66.1. The molecule has 6 aromatic carbocycles. The Kier molecular flexibility index (Phi) is 28.7. The van der Waals surface area contributed by atoms with E-state index < -0.39 is 61.4 Å². The molecule has 0 unspecified atom stereocenters. The fourth-order valence-corrected chi connectivity index (χ4v) is 13.3. The summed E-state index contributed by atoms with van der Waals surface area (Å²) in [5, 5.41) is 21.0. The Morgan fingerprint density at radius 2 is 0.973 bits per heavy atom. The maximum atomic E-state index is 12.4. The van der Waals surface area contributed by atoms with E-state index in [0.29, 0.717) is 62.1 Å². The minimum absolute atomic E-state index is 0.0713. The van der Waals surface area contributed by atoms with Crippen molar-refractivity contribution < 1.29 is 87.0 Å². The van der Waals surface area contributed by atoms with Crippen LogP contribution in [0.15, 0.2) is 158 Å². The number of carbonyl (C=O) groups is 4. The number of aromatic hydroxyl groups is 2. The number of terminal acetylenes is 1. The number of nitrogens with zero attached hydrogens (tertiary/aromatic N) is 6. The number of phenolic OH excluding ortho intramolecular Hbond substituents is 2. The summed E-state index contributed by atoms with van der Waals surface area (Å²) in [6, 6.07) is 32.8. The van der Waals surface area contributed by atoms with Gasteiger partial charge < -0.3 is 75.7 Å². The molecule has 600 valence electrons. The predicted molar refractivity (Wildman–Crippen MR) is 429 cm³/mol. The lowest BCUT2D eigenvalue weighted by Gasteiger charge is -2.37. The first-order valence-corrected chi connectivity index (χ1v) is 37.1. The summed E-state index contributed by atoms with van der Waals surface area (Å²) >= 11 is 0. The average Bonchev–Trinajstić information content (AvgIpc) is 0.741. The van der Waals surface area contributed by atoms with Crippen molar-refractivity contribution in [3.8, 4) is 29.6 Å². The normalized spacial score (nSPS) is 13.1. The van der Waals surface area contributed by atoms with Gasteiger partial charge in [0.05, 0.1) is 18.6 Å². The average molecular weight is 1580 g/mol. The second-order valence-corrected chi connectivity index (χ2v) is 29.0. The summed E-state index contributed by atoms with van der Waals surface area (Å²) < 4.78 is 97.8. The number of esters is 1. The fourth-order valence-electron chi connectivity index (χ4n) is 12.9. The second-order valence-electron chi connectivity index (χ2n) is 27.5. The monoisotopic (exact) mass is 1580 g/mol. The highest BCUT2D eigenvalue weighted by atomic mass is 32.2. The highest BCUT2D eigenvalue weighted by Crippen LogP contribution is 2.42. The molecule has 0 amide bonds. The second kappa shape index (κ2) is 37.4. The van der Waals surface area contributed by atoms with Gasteiger partial charge in [-0.1, -0.05) is 18.1 Å². The van der Waals surface area contributed by atoms with Gasteiger partial charge in [0.25, 0.3) is 0 Å². The zero-order chi connectivity index (χ0) is 83.1. The topological polar surface area (TPSA) is 320 Å². The lowest BCUT2D eigenvalue weighted by Crippen LogP contribution is -2.40. The third-order valence-corrected chi connectivity index (χ3v) is 19.8. The van der Waals surface area contributed by atoms with Crippen LogP contribution in [-0.2, 0) is 59.6 Å². The molecule has 0 radical (unpaired) electrons. The van der Waals surface area contributed by atoms with Gasteiger partial charge in [-0.05, 0) is 144 Å². The summed E-state index contributed by atoms with van der Waals surface area (Å²) in [5.41, 5.74) is 6.10. The van der Waals surface area contributed by atoms with Crippen LogP contribution in [0.4, 0.5) is 47.3 Å². The first-order chi connectivity index (χ1) is 53.3. The van der Waals surface area contributed by atoms with Gasteiger partial charge in [-0.2, -0.15) is 21.6 Å². The number of anilines is 6. The molecule has 30 heteroatoms. The molecule has 0 aliphatic carbocycles. The van der Waals surface area contributed by atoms with Crippen LogP contribution >= 0.6 is 0 Å². The molecule has 0 spiro atoms. The van der Waals surface area contributed by atoms with Crippen LogP contribution in [0, 0.1) is 12.3 Å². The molecule has 0 fully saturated rings. The number of hydrogen-bond donors (Lipinski definition) is 2. The standard InChI is InChI=1S/C17H17NO3.C13H13NO3.C13H11NO2.C12H10F3NO5S.C12H15NO.C8H11NO.C8H14O5/c1-10(19)13-9-15(20)21-17-12-5-3-7-18-6-2-4-11(16(12)18)8-14(13)17;1-8(15)11-7-13(16)17-12-6-9(14(2)3)4-5-10(11)12;1-4-9-7-13(15)16-12-8-10(14(2)3)5-6-11(9)12;1-16(2)7-3-4-8-9(5-7)20-11(17)6-10(8)21-22(18,19)12(13,14)15;14-11-6-5-9-3-1-7-13-8-2-4-10(11)12(9)13;1-9(2)7-4-3-5-8(10)6-7;1-8(12-3,13-4)6(9)5-7(10)11-2/h8-9H,2-7H2,1H3;4-7H,1-3H3;1,5-8H,2-3H3;3-6H,1-2H3;5-6,14H,1-4,7-8H2;3-6,10H,1-2H3;5H2,1-4H3. The smallest absolute Gasteiger partial charge is 0.508 e. The van der Waals surface area contributed by atoms with E-state index >= 15 is 0 Å². The number of ether oxygens (including phenoxy) is 3. The number of Topliss-reactive ketones (excluding diaryl/α,β-unsaturated/α-hetero) is 3. The van der Waals surface area contributed by atoms with E-state index in [1.54, 1.807) is 49.3 Å². The van der Waals surface area contributed by atoms with Gasteiger partial charge >= 0.3 is 44.1 Å². The van der Waals surface area contributed by atoms with Crippen molar-refractivity contribution in [3.05, 3.63) is 202 Å². The highest BCUT2D eigenvalue weighted by molar-refractivity contribution is 7.88. The van der Waals surface area contributed by atoms with E-state index in [0.717, 1.165) is 78.6 Å². The Morgan fingerprint density at radius 1 is 0.531 bits per heavy atom. The first-order valence-electron chi connectivity index (χ1n) is 35.7. The third kappa shape index (κ3) is 21.4. The van der Waals surface area contributed by atoms with E-state index in [2.05, 4.69) is 36.8 Å². The van der Waals surface area contributed by atoms with Crippen molar-refractivity contribution in [3.63, 3.8) is 0 Å². The molecular weight excluding hydrogens is 1490 g/mol. The van der Waals surface area contributed by atoms with E-state index in [1.807, 2.05) is 93.4 Å². The van der Waals surface area contributed by atoms with Crippen molar-refractivity contribution in [1.29, 1.82) is 0 Å². The number of halogens is 3. The Bertz CT molecular complexity index is 5600. The minimum Gasteiger partial charge on any atom is -0.508 e. The van der Waals surface area contributed by atoms with Crippen LogP contribution in [0.3, 0.4) is 0 Å². The summed E-state index contributed by atoms with van der Waals surface area (Å²) in [4.78, 5) is 104. The van der Waals surface area contributed by atoms with E-state index in [9.17, 15) is 65.1 Å². The molecule has 0 bridgehead atoms. The van der Waals surface area contributed by atoms with Crippen molar-refractivity contribution >= 4 is 111 Å². The van der Waals surface area contributed by atoms with E-state index in [-0.39, 0.29) is 29.0 Å². The van der Waals surface area contributed by atoms with Crippen molar-refractivity contribution in [1.82, 2.24) is 0 Å².